The summed E-state index contributed by atoms with van der Waals surface area (Å²) in [5.74, 6) is 0. The monoisotopic (exact) mass is 213 g/mol. The minimum absolute atomic E-state index is 0.0349. The lowest BCUT2D eigenvalue weighted by atomic mass is 10.3. The minimum Gasteiger partial charge on any atom is -0.148 e. The van der Waals surface area contributed by atoms with Gasteiger partial charge in [-0.25, -0.2) is 0 Å². The van der Waals surface area contributed by atoms with Gasteiger partial charge in [-0.15, -0.1) is 11.3 Å². The van der Waals surface area contributed by atoms with Crippen LogP contribution in [0.4, 0.5) is 0 Å². The molecule has 0 saturated carbocycles. The maximum absolute atomic E-state index is 7.69. The SMILES string of the molecule is [2H]c1sc(C([2H])([2H])C([2H])([2H])C([2H])([2H])[2H])c([2H])c1Br. The molecule has 50 valence electrons. The fourth-order valence-electron chi connectivity index (χ4n) is 0.360. The number of halogens is 1. The van der Waals surface area contributed by atoms with Crippen molar-refractivity contribution in [3.8, 4) is 0 Å². The highest BCUT2D eigenvalue weighted by molar-refractivity contribution is 9.10. The zero-order valence-electron chi connectivity index (χ0n) is 13.3. The molecule has 0 amide bonds. The summed E-state index contributed by atoms with van der Waals surface area (Å²) in [4.78, 5) is -0.402. The van der Waals surface area contributed by atoms with Crippen LogP contribution in [0.25, 0.3) is 0 Å². The highest BCUT2D eigenvalue weighted by atomic mass is 79.9. The standard InChI is InChI=1S/C7H9BrS/c1-2-3-7-4-6(8)5-9-7/h4-5H,2-3H2,1H3/i1D3,2D2,3D2,4D,5D. The highest BCUT2D eigenvalue weighted by Gasteiger charge is 1.93. The molecule has 1 aromatic rings. The summed E-state index contributed by atoms with van der Waals surface area (Å²) in [7, 11) is 0. The molecule has 1 rings (SSSR count). The van der Waals surface area contributed by atoms with Crippen LogP contribution < -0.4 is 0 Å². The van der Waals surface area contributed by atoms with Gasteiger partial charge in [0.25, 0.3) is 0 Å². The number of hydrogen-bond acceptors (Lipinski definition) is 1. The van der Waals surface area contributed by atoms with Crippen molar-refractivity contribution in [2.45, 2.75) is 19.6 Å². The smallest absolute Gasteiger partial charge is 0.0752 e. The summed E-state index contributed by atoms with van der Waals surface area (Å²) in [5.41, 5.74) is 0. The first-order valence-electron chi connectivity index (χ1n) is 6.60. The van der Waals surface area contributed by atoms with E-state index in [4.69, 9.17) is 12.3 Å². The van der Waals surface area contributed by atoms with Crippen molar-refractivity contribution < 1.29 is 12.3 Å². The first-order valence-corrected chi connectivity index (χ1v) is 3.71. The molecule has 9 heavy (non-hydrogen) atoms. The van der Waals surface area contributed by atoms with Crippen molar-refractivity contribution in [3.05, 3.63) is 20.7 Å². The molecule has 0 aliphatic heterocycles. The van der Waals surface area contributed by atoms with E-state index in [1.807, 2.05) is 0 Å². The van der Waals surface area contributed by atoms with Crippen LogP contribution >= 0.6 is 27.3 Å². The Hall–Kier alpha value is 0.180. The van der Waals surface area contributed by atoms with Gasteiger partial charge in [-0.2, -0.15) is 0 Å². The molecule has 0 aromatic carbocycles. The first-order chi connectivity index (χ1) is 7.84. The van der Waals surface area contributed by atoms with Gasteiger partial charge in [0.1, 0.15) is 0 Å². The van der Waals surface area contributed by atoms with Gasteiger partial charge in [-0.05, 0) is 28.3 Å². The van der Waals surface area contributed by atoms with Crippen molar-refractivity contribution in [2.24, 2.45) is 0 Å². The molecule has 0 fully saturated rings. The molecule has 0 unspecified atom stereocenters. The molecule has 0 radical (unpaired) electrons. The third-order valence-electron chi connectivity index (χ3n) is 0.642. The third kappa shape index (κ3) is 2.11. The fourth-order valence-corrected chi connectivity index (χ4v) is 1.43. The Balaban J connectivity index is 3.42. The van der Waals surface area contributed by atoms with Crippen LogP contribution in [-0.2, 0) is 6.37 Å². The lowest BCUT2D eigenvalue weighted by molar-refractivity contribution is 0.939. The van der Waals surface area contributed by atoms with Gasteiger partial charge < -0.3 is 0 Å². The van der Waals surface area contributed by atoms with E-state index in [2.05, 4.69) is 15.9 Å². The van der Waals surface area contributed by atoms with Gasteiger partial charge in [0.2, 0.25) is 0 Å². The number of hydrogen-bond donors (Lipinski definition) is 0. The molecule has 0 nitrogen and oxygen atoms in total. The van der Waals surface area contributed by atoms with Gasteiger partial charge in [-0.3, -0.25) is 0 Å². The second-order valence-electron chi connectivity index (χ2n) is 1.22. The quantitative estimate of drug-likeness (QED) is 0.707. The molecule has 0 spiro atoms. The van der Waals surface area contributed by atoms with Crippen molar-refractivity contribution in [1.82, 2.24) is 0 Å². The first kappa shape index (κ1) is 1.86. The summed E-state index contributed by atoms with van der Waals surface area (Å²) in [6.07, 6.45) is -6.02. The summed E-state index contributed by atoms with van der Waals surface area (Å²) in [6.45, 7) is -3.17. The molecule has 2 heteroatoms. The molecule has 1 heterocycles. The topological polar surface area (TPSA) is 0 Å². The van der Waals surface area contributed by atoms with Gasteiger partial charge in [0.05, 0.1) is 2.74 Å². The normalized spacial score (nSPS) is 29.2. The van der Waals surface area contributed by atoms with E-state index in [-0.39, 0.29) is 15.9 Å². The predicted octanol–water partition coefficient (Wildman–Crippen LogP) is 3.46. The number of thiophene rings is 1. The second kappa shape index (κ2) is 3.37. The van der Waals surface area contributed by atoms with Gasteiger partial charge >= 0.3 is 0 Å². The van der Waals surface area contributed by atoms with E-state index in [1.165, 1.54) is 0 Å². The van der Waals surface area contributed by atoms with E-state index in [1.54, 1.807) is 0 Å². The molecule has 1 aromatic heterocycles. The van der Waals surface area contributed by atoms with Crippen molar-refractivity contribution >= 4 is 27.3 Å². The molecule has 0 aliphatic rings. The third-order valence-corrected chi connectivity index (χ3v) is 2.02. The Labute approximate surface area is 80.7 Å². The summed E-state index contributed by atoms with van der Waals surface area (Å²) in [6, 6.07) is -0.386. The van der Waals surface area contributed by atoms with Crippen LogP contribution in [0.5, 0.6) is 0 Å². The molecule has 0 aliphatic carbocycles. The largest absolute Gasteiger partial charge is 0.148 e. The Morgan fingerprint density at radius 2 is 3.00 bits per heavy atom. The van der Waals surface area contributed by atoms with Gasteiger partial charge in [0, 0.05) is 24.3 Å². The molecule has 0 atom stereocenters. The molecule has 0 N–H and O–H groups in total. The lowest BCUT2D eigenvalue weighted by Crippen LogP contribution is -1.71. The zero-order chi connectivity index (χ0) is 14.5. The van der Waals surface area contributed by atoms with Gasteiger partial charge in [0.15, 0.2) is 0 Å². The fraction of sp³-hybridized carbons (Fsp3) is 0.429. The molecule has 0 bridgehead atoms. The van der Waals surface area contributed by atoms with Crippen LogP contribution in [0.3, 0.4) is 0 Å². The average molecular weight is 214 g/mol. The maximum Gasteiger partial charge on any atom is 0.0752 e. The lowest BCUT2D eigenvalue weighted by Gasteiger charge is -1.86. The number of aryl methyl sites for hydroxylation is 1. The van der Waals surface area contributed by atoms with Crippen LogP contribution in [-0.4, -0.2) is 0 Å². The van der Waals surface area contributed by atoms with E-state index in [0.717, 1.165) is 0 Å². The highest BCUT2D eigenvalue weighted by Crippen LogP contribution is 2.20. The van der Waals surface area contributed by atoms with Crippen LogP contribution in [0.15, 0.2) is 15.9 Å². The summed E-state index contributed by atoms with van der Waals surface area (Å²) < 4.78 is 66.6. The average Bonchev–Trinajstić information content (AvgIpc) is 2.44. The Kier molecular flexibility index (Phi) is 0.697. The van der Waals surface area contributed by atoms with Crippen LogP contribution in [0, 0.1) is 0 Å². The van der Waals surface area contributed by atoms with Gasteiger partial charge in [-0.1, -0.05) is 13.2 Å². The van der Waals surface area contributed by atoms with Crippen LogP contribution in [0.1, 0.15) is 30.4 Å². The van der Waals surface area contributed by atoms with E-state index < -0.39 is 24.5 Å². The molecular weight excluding hydrogens is 196 g/mol. The van der Waals surface area contributed by atoms with E-state index in [9.17, 15) is 0 Å². The van der Waals surface area contributed by atoms with Crippen molar-refractivity contribution in [2.75, 3.05) is 0 Å². The maximum atomic E-state index is 7.69. The van der Waals surface area contributed by atoms with E-state index in [0.29, 0.717) is 11.3 Å². The molecular formula is C7H9BrS. The Bertz CT molecular complexity index is 460. The Morgan fingerprint density at radius 1 is 2.11 bits per heavy atom. The number of rotatable bonds is 2. The van der Waals surface area contributed by atoms with Crippen molar-refractivity contribution in [3.63, 3.8) is 0 Å². The summed E-state index contributed by atoms with van der Waals surface area (Å²) >= 11 is 3.47. The zero-order valence-corrected chi connectivity index (χ0v) is 6.69. The van der Waals surface area contributed by atoms with Crippen molar-refractivity contribution in [1.29, 1.82) is 0 Å². The minimum atomic E-state index is -3.17. The van der Waals surface area contributed by atoms with E-state index >= 15 is 0 Å². The molecule has 0 saturated heterocycles. The Morgan fingerprint density at radius 3 is 3.56 bits per heavy atom. The summed E-state index contributed by atoms with van der Waals surface area (Å²) in [5, 5.41) is -0.139. The second-order valence-corrected chi connectivity index (χ2v) is 2.83. The van der Waals surface area contributed by atoms with Crippen LogP contribution in [0.2, 0.25) is 0 Å². The predicted molar refractivity (Wildman–Crippen MR) is 46.0 cm³/mol.